The Hall–Kier alpha value is -3.13. The van der Waals surface area contributed by atoms with Crippen molar-refractivity contribution in [2.75, 3.05) is 0 Å². The first-order valence-corrected chi connectivity index (χ1v) is 8.97. The maximum absolute atomic E-state index is 12.7. The summed E-state index contributed by atoms with van der Waals surface area (Å²) in [5.41, 5.74) is 3.15. The number of rotatable bonds is 6. The van der Waals surface area contributed by atoms with Gasteiger partial charge in [-0.25, -0.2) is 4.79 Å². The highest BCUT2D eigenvalue weighted by molar-refractivity contribution is 6.31. The number of hydrogen-bond donors (Lipinski definition) is 2. The molecule has 0 unspecified atom stereocenters. The van der Waals surface area contributed by atoms with E-state index in [0.717, 1.165) is 5.56 Å². The number of nitrogens with zero attached hydrogens (tertiary/aromatic N) is 4. The molecule has 0 aliphatic rings. The maximum atomic E-state index is 12.7. The molecule has 0 aliphatic heterocycles. The number of carbonyl (C=O) groups is 2. The third-order valence-corrected chi connectivity index (χ3v) is 4.91. The minimum atomic E-state index is -1.09. The van der Waals surface area contributed by atoms with Crippen molar-refractivity contribution >= 4 is 23.5 Å². The molecule has 1 amide bonds. The first kappa shape index (κ1) is 19.6. The molecule has 0 fully saturated rings. The van der Waals surface area contributed by atoms with Gasteiger partial charge in [0.1, 0.15) is 0 Å². The molecule has 0 saturated carbocycles. The largest absolute Gasteiger partial charge is 0.477 e. The molecule has 0 bridgehead atoms. The van der Waals surface area contributed by atoms with E-state index in [-0.39, 0.29) is 18.1 Å². The molecule has 2 aromatic heterocycles. The summed E-state index contributed by atoms with van der Waals surface area (Å²) in [6.07, 6.45) is 1.43. The zero-order chi connectivity index (χ0) is 20.4. The lowest BCUT2D eigenvalue weighted by Crippen LogP contribution is -2.25. The fourth-order valence-corrected chi connectivity index (χ4v) is 3.31. The molecular formula is C19H20ClN5O3. The lowest BCUT2D eigenvalue weighted by molar-refractivity contribution is 0.0682. The van der Waals surface area contributed by atoms with Gasteiger partial charge in [0.15, 0.2) is 5.69 Å². The van der Waals surface area contributed by atoms with Crippen LogP contribution in [-0.4, -0.2) is 36.5 Å². The maximum Gasteiger partial charge on any atom is 0.354 e. The van der Waals surface area contributed by atoms with Crippen LogP contribution in [0.2, 0.25) is 5.02 Å². The topological polar surface area (TPSA) is 102 Å². The molecule has 0 radical (unpaired) electrons. The van der Waals surface area contributed by atoms with Gasteiger partial charge in [-0.15, -0.1) is 0 Å². The minimum absolute atomic E-state index is 0.0446. The van der Waals surface area contributed by atoms with Crippen LogP contribution in [0.3, 0.4) is 0 Å². The summed E-state index contributed by atoms with van der Waals surface area (Å²) in [5, 5.41) is 21.1. The van der Waals surface area contributed by atoms with Crippen LogP contribution in [0.5, 0.6) is 0 Å². The second-order valence-corrected chi connectivity index (χ2v) is 6.83. The van der Waals surface area contributed by atoms with Crippen LogP contribution in [0.1, 0.15) is 43.4 Å². The molecule has 3 rings (SSSR count). The number of carboxylic acids is 1. The zero-order valence-corrected chi connectivity index (χ0v) is 16.5. The Morgan fingerprint density at radius 2 is 1.93 bits per heavy atom. The first-order valence-electron chi connectivity index (χ1n) is 8.59. The molecule has 1 aromatic carbocycles. The van der Waals surface area contributed by atoms with E-state index in [2.05, 4.69) is 15.5 Å². The second kappa shape index (κ2) is 7.85. The standard InChI is InChI=1S/C19H20ClN5O3/c1-11-16(12(2)25(23-11)10-13-6-4-5-7-15(13)20)18(26)21-8-14-9-22-24(3)17(14)19(27)28/h4-7,9H,8,10H2,1-3H3,(H,21,26)(H,27,28). The van der Waals surface area contributed by atoms with Crippen molar-refractivity contribution in [2.45, 2.75) is 26.9 Å². The Morgan fingerprint density at radius 1 is 1.21 bits per heavy atom. The van der Waals surface area contributed by atoms with Crippen LogP contribution in [0.25, 0.3) is 0 Å². The van der Waals surface area contributed by atoms with Crippen molar-refractivity contribution in [3.8, 4) is 0 Å². The highest BCUT2D eigenvalue weighted by Crippen LogP contribution is 2.19. The van der Waals surface area contributed by atoms with Crippen molar-refractivity contribution in [3.05, 3.63) is 69.3 Å². The predicted molar refractivity (Wildman–Crippen MR) is 104 cm³/mol. The van der Waals surface area contributed by atoms with E-state index >= 15 is 0 Å². The zero-order valence-electron chi connectivity index (χ0n) is 15.7. The number of carbonyl (C=O) groups excluding carboxylic acids is 1. The normalized spacial score (nSPS) is 10.9. The van der Waals surface area contributed by atoms with E-state index < -0.39 is 5.97 Å². The van der Waals surface area contributed by atoms with Gasteiger partial charge in [-0.05, 0) is 25.5 Å². The fourth-order valence-electron chi connectivity index (χ4n) is 3.12. The molecule has 0 saturated heterocycles. The Bertz CT molecular complexity index is 1050. The van der Waals surface area contributed by atoms with Crippen molar-refractivity contribution in [1.29, 1.82) is 0 Å². The van der Waals surface area contributed by atoms with Crippen molar-refractivity contribution < 1.29 is 14.7 Å². The molecular weight excluding hydrogens is 382 g/mol. The number of aryl methyl sites for hydroxylation is 2. The smallest absolute Gasteiger partial charge is 0.354 e. The highest BCUT2D eigenvalue weighted by Gasteiger charge is 2.21. The second-order valence-electron chi connectivity index (χ2n) is 6.42. The number of carboxylic acid groups (broad SMARTS) is 1. The first-order chi connectivity index (χ1) is 13.3. The van der Waals surface area contributed by atoms with Gasteiger partial charge in [-0.3, -0.25) is 14.2 Å². The number of aromatic nitrogens is 4. The fraction of sp³-hybridized carbons (Fsp3) is 0.263. The Kier molecular flexibility index (Phi) is 5.51. The van der Waals surface area contributed by atoms with Crippen LogP contribution in [0, 0.1) is 13.8 Å². The molecule has 28 heavy (non-hydrogen) atoms. The van der Waals surface area contributed by atoms with Gasteiger partial charge in [0.25, 0.3) is 5.91 Å². The van der Waals surface area contributed by atoms with Crippen molar-refractivity contribution in [2.24, 2.45) is 7.05 Å². The van der Waals surface area contributed by atoms with Crippen LogP contribution in [0.15, 0.2) is 30.5 Å². The number of benzene rings is 1. The van der Waals surface area contributed by atoms with Crippen molar-refractivity contribution in [1.82, 2.24) is 24.9 Å². The molecule has 3 aromatic rings. The Balaban J connectivity index is 1.79. The van der Waals surface area contributed by atoms with E-state index in [1.165, 1.54) is 10.9 Å². The quantitative estimate of drug-likeness (QED) is 0.660. The number of aromatic carboxylic acids is 1. The summed E-state index contributed by atoms with van der Waals surface area (Å²) < 4.78 is 3.00. The third-order valence-electron chi connectivity index (χ3n) is 4.54. The minimum Gasteiger partial charge on any atom is -0.477 e. The predicted octanol–water partition coefficient (Wildman–Crippen LogP) is 2.56. The lowest BCUT2D eigenvalue weighted by atomic mass is 10.1. The molecule has 2 heterocycles. The highest BCUT2D eigenvalue weighted by atomic mass is 35.5. The molecule has 2 N–H and O–H groups in total. The molecule has 8 nitrogen and oxygen atoms in total. The average molecular weight is 402 g/mol. The van der Waals surface area contributed by atoms with E-state index in [9.17, 15) is 14.7 Å². The summed E-state index contributed by atoms with van der Waals surface area (Å²) in [7, 11) is 1.54. The average Bonchev–Trinajstić information content (AvgIpc) is 3.14. The van der Waals surface area contributed by atoms with Crippen LogP contribution >= 0.6 is 11.6 Å². The van der Waals surface area contributed by atoms with Gasteiger partial charge in [0, 0.05) is 29.9 Å². The Labute approximate surface area is 166 Å². The van der Waals surface area contributed by atoms with Gasteiger partial charge in [-0.1, -0.05) is 29.8 Å². The molecule has 146 valence electrons. The van der Waals surface area contributed by atoms with Crippen molar-refractivity contribution in [3.63, 3.8) is 0 Å². The summed E-state index contributed by atoms with van der Waals surface area (Å²) >= 11 is 6.22. The summed E-state index contributed by atoms with van der Waals surface area (Å²) in [6, 6.07) is 7.47. The number of nitrogens with one attached hydrogen (secondary N) is 1. The van der Waals surface area contributed by atoms with Gasteiger partial charge in [0.05, 0.1) is 24.0 Å². The third kappa shape index (κ3) is 3.77. The molecule has 0 spiro atoms. The number of halogens is 1. The SMILES string of the molecule is Cc1nn(Cc2ccccc2Cl)c(C)c1C(=O)NCc1cnn(C)c1C(=O)O. The van der Waals surface area contributed by atoms with Crippen LogP contribution < -0.4 is 5.32 Å². The van der Waals surface area contributed by atoms with Crippen LogP contribution in [0.4, 0.5) is 0 Å². The van der Waals surface area contributed by atoms with E-state index in [1.54, 1.807) is 18.7 Å². The Morgan fingerprint density at radius 3 is 2.61 bits per heavy atom. The lowest BCUT2D eigenvalue weighted by Gasteiger charge is -2.08. The molecule has 9 heteroatoms. The van der Waals surface area contributed by atoms with Gasteiger partial charge in [-0.2, -0.15) is 10.2 Å². The van der Waals surface area contributed by atoms with E-state index in [0.29, 0.717) is 34.1 Å². The molecule has 0 aliphatic carbocycles. The van der Waals surface area contributed by atoms with Crippen LogP contribution in [-0.2, 0) is 20.1 Å². The van der Waals surface area contributed by atoms with Gasteiger partial charge < -0.3 is 10.4 Å². The summed E-state index contributed by atoms with van der Waals surface area (Å²) in [5.74, 6) is -1.41. The summed E-state index contributed by atoms with van der Waals surface area (Å²) in [6.45, 7) is 4.09. The number of amides is 1. The number of hydrogen-bond acceptors (Lipinski definition) is 4. The molecule has 0 atom stereocenters. The monoisotopic (exact) mass is 401 g/mol. The van der Waals surface area contributed by atoms with E-state index in [4.69, 9.17) is 11.6 Å². The summed E-state index contributed by atoms with van der Waals surface area (Å²) in [4.78, 5) is 24.0. The van der Waals surface area contributed by atoms with Gasteiger partial charge >= 0.3 is 5.97 Å². The van der Waals surface area contributed by atoms with E-state index in [1.807, 2.05) is 31.2 Å². The van der Waals surface area contributed by atoms with Gasteiger partial charge in [0.2, 0.25) is 0 Å².